The van der Waals surface area contributed by atoms with Gasteiger partial charge < -0.3 is 0 Å². The third-order valence-corrected chi connectivity index (χ3v) is 3.94. The normalized spacial score (nSPS) is 12.3. The van der Waals surface area contributed by atoms with Crippen molar-refractivity contribution in [3.8, 4) is 0 Å². The van der Waals surface area contributed by atoms with E-state index in [1.807, 2.05) is 0 Å². The molecule has 1 heteroatoms. The Kier molecular flexibility index (Phi) is 3.95. The van der Waals surface area contributed by atoms with E-state index < -0.39 is 0 Å². The van der Waals surface area contributed by atoms with Crippen molar-refractivity contribution < 1.29 is 0 Å². The average molecular weight is 224 g/mol. The van der Waals surface area contributed by atoms with Crippen LogP contribution >= 0.6 is 0 Å². The van der Waals surface area contributed by atoms with E-state index in [9.17, 15) is 0 Å². The molecule has 0 fully saturated rings. The lowest BCUT2D eigenvalue weighted by molar-refractivity contribution is 0.909. The van der Waals surface area contributed by atoms with Gasteiger partial charge in [0.1, 0.15) is 0 Å². The van der Waals surface area contributed by atoms with E-state index >= 15 is 0 Å². The van der Waals surface area contributed by atoms with Crippen molar-refractivity contribution in [2.75, 3.05) is 0 Å². The van der Waals surface area contributed by atoms with Crippen LogP contribution in [0.3, 0.4) is 0 Å². The van der Waals surface area contributed by atoms with Crippen LogP contribution in [0.25, 0.3) is 0 Å². The topological polar surface area (TPSA) is 0 Å². The first kappa shape index (κ1) is 11.2. The van der Waals surface area contributed by atoms with Gasteiger partial charge in [0.25, 0.3) is 0 Å². The summed E-state index contributed by atoms with van der Waals surface area (Å²) in [4.78, 5) is 0. The molecular weight excluding hydrogens is 208 g/mol. The molecule has 0 heterocycles. The van der Waals surface area contributed by atoms with Gasteiger partial charge in [0.2, 0.25) is 0 Å². The molecule has 1 atom stereocenters. The maximum absolute atomic E-state index is 2.33. The minimum atomic E-state index is 0.727. The van der Waals surface area contributed by atoms with Gasteiger partial charge in [-0.2, -0.15) is 0 Å². The third-order valence-electron chi connectivity index (χ3n) is 2.57. The second-order valence-electron chi connectivity index (χ2n) is 4.10. The van der Waals surface area contributed by atoms with Crippen molar-refractivity contribution in [1.82, 2.24) is 0 Å². The fourth-order valence-corrected chi connectivity index (χ4v) is 3.13. The highest BCUT2D eigenvalue weighted by Crippen LogP contribution is 2.11. The average Bonchev–Trinajstić information content (AvgIpc) is 2.31. The zero-order valence-electron chi connectivity index (χ0n) is 9.56. The van der Waals surface area contributed by atoms with Gasteiger partial charge in [0, 0.05) is 0 Å². The van der Waals surface area contributed by atoms with E-state index in [1.165, 1.54) is 17.2 Å². The molecule has 0 N–H and O–H groups in total. The van der Waals surface area contributed by atoms with E-state index in [0.29, 0.717) is 0 Å². The first-order chi connectivity index (χ1) is 7.84. The van der Waals surface area contributed by atoms with Crippen LogP contribution in [0.5, 0.6) is 0 Å². The molecule has 0 bridgehead atoms. The molecule has 0 aliphatic carbocycles. The highest BCUT2D eigenvalue weighted by atomic mass is 28.2. The standard InChI is InChI=1S/C15H16Si/c1-13(12-14-8-4-2-5-9-14)16-15-10-6-3-7-11-15/h2-11,13H,12H2,1H3/t13-/m0/s1. The van der Waals surface area contributed by atoms with Crippen LogP contribution < -0.4 is 5.19 Å². The van der Waals surface area contributed by atoms with Crippen molar-refractivity contribution in [2.45, 2.75) is 18.9 Å². The Morgan fingerprint density at radius 1 is 0.875 bits per heavy atom. The zero-order valence-corrected chi connectivity index (χ0v) is 10.6. The zero-order chi connectivity index (χ0) is 11.2. The molecule has 80 valence electrons. The van der Waals surface area contributed by atoms with Gasteiger partial charge in [-0.3, -0.25) is 0 Å². The van der Waals surface area contributed by atoms with Gasteiger partial charge in [0.15, 0.2) is 0 Å². The summed E-state index contributed by atoms with van der Waals surface area (Å²) in [6, 6.07) is 21.5. The third kappa shape index (κ3) is 3.35. The van der Waals surface area contributed by atoms with Gasteiger partial charge in [-0.15, -0.1) is 0 Å². The smallest absolute Gasteiger partial charge is 0.0647 e. The number of hydrogen-bond donors (Lipinski definition) is 0. The van der Waals surface area contributed by atoms with E-state index in [1.54, 1.807) is 0 Å². The maximum Gasteiger partial charge on any atom is 0.0843 e. The van der Waals surface area contributed by atoms with Gasteiger partial charge >= 0.3 is 0 Å². The van der Waals surface area contributed by atoms with Crippen LogP contribution in [0.4, 0.5) is 0 Å². The van der Waals surface area contributed by atoms with E-state index in [0.717, 1.165) is 15.1 Å². The maximum atomic E-state index is 2.33. The molecule has 0 aromatic heterocycles. The van der Waals surface area contributed by atoms with Crippen LogP contribution in [0.2, 0.25) is 5.54 Å². The fourth-order valence-electron chi connectivity index (χ4n) is 1.84. The van der Waals surface area contributed by atoms with Crippen LogP contribution in [0.15, 0.2) is 60.7 Å². The second kappa shape index (κ2) is 5.66. The number of rotatable bonds is 4. The molecule has 0 saturated carbocycles. The van der Waals surface area contributed by atoms with E-state index in [2.05, 4.69) is 67.6 Å². The van der Waals surface area contributed by atoms with Gasteiger partial charge in [0.05, 0.1) is 9.52 Å². The van der Waals surface area contributed by atoms with Crippen molar-refractivity contribution >= 4 is 14.7 Å². The van der Waals surface area contributed by atoms with Crippen molar-refractivity contribution in [3.63, 3.8) is 0 Å². The van der Waals surface area contributed by atoms with Crippen LogP contribution in [-0.2, 0) is 6.42 Å². The molecule has 16 heavy (non-hydrogen) atoms. The monoisotopic (exact) mass is 224 g/mol. The lowest BCUT2D eigenvalue weighted by Gasteiger charge is -2.10. The highest BCUT2D eigenvalue weighted by Gasteiger charge is 2.05. The Bertz CT molecular complexity index is 366. The second-order valence-corrected chi connectivity index (χ2v) is 5.95. The Morgan fingerprint density at radius 2 is 1.44 bits per heavy atom. The highest BCUT2D eigenvalue weighted by molar-refractivity contribution is 6.54. The molecule has 0 aliphatic rings. The minimum absolute atomic E-state index is 0.727. The van der Waals surface area contributed by atoms with Crippen LogP contribution in [0.1, 0.15) is 12.5 Å². The molecular formula is C15H16Si. The molecule has 2 rings (SSSR count). The first-order valence-electron chi connectivity index (χ1n) is 5.70. The molecule has 2 aromatic rings. The molecule has 0 nitrogen and oxygen atoms in total. The summed E-state index contributed by atoms with van der Waals surface area (Å²) in [5.41, 5.74) is 2.17. The van der Waals surface area contributed by atoms with E-state index in [4.69, 9.17) is 0 Å². The lowest BCUT2D eigenvalue weighted by Crippen LogP contribution is -2.18. The van der Waals surface area contributed by atoms with Crippen molar-refractivity contribution in [1.29, 1.82) is 0 Å². The Hall–Kier alpha value is -1.34. The fraction of sp³-hybridized carbons (Fsp3) is 0.200. The number of hydrogen-bond acceptors (Lipinski definition) is 0. The quantitative estimate of drug-likeness (QED) is 0.700. The lowest BCUT2D eigenvalue weighted by atomic mass is 10.1. The molecule has 0 unspecified atom stereocenters. The van der Waals surface area contributed by atoms with Gasteiger partial charge in [-0.05, 0) is 17.5 Å². The predicted molar refractivity (Wildman–Crippen MR) is 71.4 cm³/mol. The summed E-state index contributed by atoms with van der Waals surface area (Å²) in [6.07, 6.45) is 1.17. The Labute approximate surface area is 100 Å². The Morgan fingerprint density at radius 3 is 2.06 bits per heavy atom. The van der Waals surface area contributed by atoms with E-state index in [-0.39, 0.29) is 0 Å². The van der Waals surface area contributed by atoms with Gasteiger partial charge in [-0.1, -0.05) is 72.8 Å². The summed E-state index contributed by atoms with van der Waals surface area (Å²) in [6.45, 7) is 2.33. The Balaban J connectivity index is 1.92. The van der Waals surface area contributed by atoms with Crippen molar-refractivity contribution in [2.24, 2.45) is 0 Å². The SMILES string of the molecule is C[C@@H](Cc1ccccc1)[Si]c1ccccc1. The number of benzene rings is 2. The van der Waals surface area contributed by atoms with Crippen molar-refractivity contribution in [3.05, 3.63) is 66.2 Å². The summed E-state index contributed by atoms with van der Waals surface area (Å²) < 4.78 is 0. The molecule has 0 amide bonds. The molecule has 0 spiro atoms. The minimum Gasteiger partial charge on any atom is -0.0647 e. The van der Waals surface area contributed by atoms with Crippen LogP contribution in [0, 0.1) is 0 Å². The van der Waals surface area contributed by atoms with Crippen LogP contribution in [-0.4, -0.2) is 9.52 Å². The predicted octanol–water partition coefficient (Wildman–Crippen LogP) is 3.07. The molecule has 0 aliphatic heterocycles. The molecule has 2 radical (unpaired) electrons. The first-order valence-corrected chi connectivity index (χ1v) is 6.78. The summed E-state index contributed by atoms with van der Waals surface area (Å²) >= 11 is 0. The largest absolute Gasteiger partial charge is 0.0843 e. The van der Waals surface area contributed by atoms with Gasteiger partial charge in [-0.25, -0.2) is 0 Å². The molecule has 0 saturated heterocycles. The summed E-state index contributed by atoms with van der Waals surface area (Å²) in [5, 5.41) is 1.46. The molecule has 2 aromatic carbocycles. The summed E-state index contributed by atoms with van der Waals surface area (Å²) in [5.74, 6) is 0. The summed E-state index contributed by atoms with van der Waals surface area (Å²) in [7, 11) is 0.904.